The van der Waals surface area contributed by atoms with Crippen LogP contribution in [0.5, 0.6) is 0 Å². The number of aryl methyl sites for hydroxylation is 1. The van der Waals surface area contributed by atoms with E-state index < -0.39 is 6.10 Å². The van der Waals surface area contributed by atoms with Gasteiger partial charge in [0.15, 0.2) is 0 Å². The van der Waals surface area contributed by atoms with Gasteiger partial charge < -0.3 is 10.8 Å². The van der Waals surface area contributed by atoms with Gasteiger partial charge in [-0.05, 0) is 23.4 Å². The van der Waals surface area contributed by atoms with Gasteiger partial charge >= 0.3 is 0 Å². The minimum atomic E-state index is -0.468. The van der Waals surface area contributed by atoms with E-state index in [1.807, 2.05) is 11.4 Å². The first-order valence-corrected chi connectivity index (χ1v) is 4.62. The molecule has 1 aromatic rings. The molecule has 0 saturated heterocycles. The second-order valence-electron chi connectivity index (χ2n) is 2.42. The molecule has 3 heteroatoms. The molecule has 0 radical (unpaired) electrons. The molecule has 0 aromatic carbocycles. The summed E-state index contributed by atoms with van der Waals surface area (Å²) in [5.41, 5.74) is 6.56. The van der Waals surface area contributed by atoms with Crippen LogP contribution < -0.4 is 5.73 Å². The average Bonchev–Trinajstić information content (AvgIpc) is 2.50. The van der Waals surface area contributed by atoms with E-state index in [1.165, 1.54) is 5.56 Å². The summed E-state index contributed by atoms with van der Waals surface area (Å²) in [6.07, 6.45) is 0.501. The molecule has 0 fully saturated rings. The molecule has 0 spiro atoms. The molecule has 2 nitrogen and oxygen atoms in total. The number of hydrogen-bond acceptors (Lipinski definition) is 3. The van der Waals surface area contributed by atoms with Crippen LogP contribution in [0.1, 0.15) is 23.5 Å². The standard InChI is InChI=1S/C8H13NOS/c1-2-6-3-4-11-8(6)7(10)5-9/h3-4,7,10H,2,5,9H2,1H3/t7-/m0/s1. The lowest BCUT2D eigenvalue weighted by molar-refractivity contribution is 0.189. The van der Waals surface area contributed by atoms with E-state index in [1.54, 1.807) is 11.3 Å². The number of aliphatic hydroxyl groups is 1. The van der Waals surface area contributed by atoms with Crippen LogP contribution >= 0.6 is 11.3 Å². The fourth-order valence-corrected chi connectivity index (χ4v) is 2.03. The molecule has 0 amide bonds. The summed E-state index contributed by atoms with van der Waals surface area (Å²) < 4.78 is 0. The molecule has 3 N–H and O–H groups in total. The highest BCUT2D eigenvalue weighted by molar-refractivity contribution is 7.10. The number of aliphatic hydroxyl groups excluding tert-OH is 1. The van der Waals surface area contributed by atoms with Crippen LogP contribution in [-0.4, -0.2) is 11.7 Å². The summed E-state index contributed by atoms with van der Waals surface area (Å²) >= 11 is 1.58. The molecule has 0 aliphatic carbocycles. The largest absolute Gasteiger partial charge is 0.386 e. The summed E-state index contributed by atoms with van der Waals surface area (Å²) in [4.78, 5) is 1.02. The first kappa shape index (κ1) is 8.71. The summed E-state index contributed by atoms with van der Waals surface area (Å²) in [7, 11) is 0. The SMILES string of the molecule is CCc1ccsc1[C@@H](O)CN. The highest BCUT2D eigenvalue weighted by Crippen LogP contribution is 2.23. The van der Waals surface area contributed by atoms with E-state index >= 15 is 0 Å². The van der Waals surface area contributed by atoms with E-state index in [2.05, 4.69) is 6.92 Å². The first-order chi connectivity index (χ1) is 5.29. The molecule has 0 aliphatic heterocycles. The van der Waals surface area contributed by atoms with E-state index in [0.29, 0.717) is 6.54 Å². The lowest BCUT2D eigenvalue weighted by Gasteiger charge is -2.06. The number of nitrogens with two attached hydrogens (primary N) is 1. The zero-order valence-corrected chi connectivity index (χ0v) is 7.40. The fraction of sp³-hybridized carbons (Fsp3) is 0.500. The Hall–Kier alpha value is -0.380. The van der Waals surface area contributed by atoms with Crippen LogP contribution in [0.4, 0.5) is 0 Å². The lowest BCUT2D eigenvalue weighted by Crippen LogP contribution is -2.11. The summed E-state index contributed by atoms with van der Waals surface area (Å²) in [6.45, 7) is 2.39. The molecule has 0 unspecified atom stereocenters. The number of thiophene rings is 1. The van der Waals surface area contributed by atoms with Crippen LogP contribution in [0.25, 0.3) is 0 Å². The van der Waals surface area contributed by atoms with Gasteiger partial charge in [0.2, 0.25) is 0 Å². The zero-order chi connectivity index (χ0) is 8.27. The topological polar surface area (TPSA) is 46.2 Å². The third kappa shape index (κ3) is 1.80. The van der Waals surface area contributed by atoms with Crippen molar-refractivity contribution in [2.24, 2.45) is 5.73 Å². The van der Waals surface area contributed by atoms with Gasteiger partial charge in [0.1, 0.15) is 6.10 Å². The van der Waals surface area contributed by atoms with Gasteiger partial charge in [-0.1, -0.05) is 6.92 Å². The Morgan fingerprint density at radius 1 is 1.73 bits per heavy atom. The average molecular weight is 171 g/mol. The van der Waals surface area contributed by atoms with Gasteiger partial charge in [0.25, 0.3) is 0 Å². The predicted molar refractivity (Wildman–Crippen MR) is 47.7 cm³/mol. The lowest BCUT2D eigenvalue weighted by atomic mass is 10.1. The second kappa shape index (κ2) is 3.85. The molecule has 0 bridgehead atoms. The van der Waals surface area contributed by atoms with Gasteiger partial charge in [0, 0.05) is 11.4 Å². The quantitative estimate of drug-likeness (QED) is 0.720. The van der Waals surface area contributed by atoms with Gasteiger partial charge in [0.05, 0.1) is 0 Å². The van der Waals surface area contributed by atoms with Crippen molar-refractivity contribution in [3.8, 4) is 0 Å². The van der Waals surface area contributed by atoms with Gasteiger partial charge in [-0.25, -0.2) is 0 Å². The molecular formula is C8H13NOS. The minimum Gasteiger partial charge on any atom is -0.386 e. The minimum absolute atomic E-state index is 0.313. The van der Waals surface area contributed by atoms with E-state index in [4.69, 9.17) is 5.73 Å². The normalized spacial score (nSPS) is 13.4. The van der Waals surface area contributed by atoms with Crippen molar-refractivity contribution < 1.29 is 5.11 Å². The Morgan fingerprint density at radius 3 is 3.00 bits per heavy atom. The maximum atomic E-state index is 9.42. The fourth-order valence-electron chi connectivity index (χ4n) is 1.04. The van der Waals surface area contributed by atoms with Crippen molar-refractivity contribution in [3.05, 3.63) is 21.9 Å². The van der Waals surface area contributed by atoms with Crippen LogP contribution in [0, 0.1) is 0 Å². The Bertz CT molecular complexity index is 222. The van der Waals surface area contributed by atoms with E-state index in [9.17, 15) is 5.11 Å². The van der Waals surface area contributed by atoms with Crippen molar-refractivity contribution >= 4 is 11.3 Å². The van der Waals surface area contributed by atoms with Crippen molar-refractivity contribution in [3.63, 3.8) is 0 Å². The Balaban J connectivity index is 2.83. The van der Waals surface area contributed by atoms with Gasteiger partial charge in [-0.3, -0.25) is 0 Å². The van der Waals surface area contributed by atoms with Gasteiger partial charge in [-0.2, -0.15) is 0 Å². The predicted octanol–water partition coefficient (Wildman–Crippen LogP) is 1.30. The van der Waals surface area contributed by atoms with E-state index in [0.717, 1.165) is 11.3 Å². The molecule has 62 valence electrons. The third-order valence-corrected chi connectivity index (χ3v) is 2.75. The maximum Gasteiger partial charge on any atom is 0.101 e. The third-order valence-electron chi connectivity index (χ3n) is 1.69. The molecule has 1 atom stereocenters. The monoisotopic (exact) mass is 171 g/mol. The summed E-state index contributed by atoms with van der Waals surface area (Å²) in [6, 6.07) is 2.04. The molecule has 11 heavy (non-hydrogen) atoms. The second-order valence-corrected chi connectivity index (χ2v) is 3.36. The van der Waals surface area contributed by atoms with Gasteiger partial charge in [-0.15, -0.1) is 11.3 Å². The van der Waals surface area contributed by atoms with Crippen molar-refractivity contribution in [2.75, 3.05) is 6.54 Å². The van der Waals surface area contributed by atoms with E-state index in [-0.39, 0.29) is 0 Å². The van der Waals surface area contributed by atoms with Crippen LogP contribution in [-0.2, 0) is 6.42 Å². The smallest absolute Gasteiger partial charge is 0.101 e. The molecular weight excluding hydrogens is 158 g/mol. The number of rotatable bonds is 3. The summed E-state index contributed by atoms with van der Waals surface area (Å²) in [5.74, 6) is 0. The summed E-state index contributed by atoms with van der Waals surface area (Å²) in [5, 5.41) is 11.4. The van der Waals surface area contributed by atoms with Crippen molar-refractivity contribution in [2.45, 2.75) is 19.4 Å². The van der Waals surface area contributed by atoms with Crippen LogP contribution in [0.2, 0.25) is 0 Å². The molecule has 1 aromatic heterocycles. The Morgan fingerprint density at radius 2 is 2.45 bits per heavy atom. The molecule has 0 aliphatic rings. The number of hydrogen-bond donors (Lipinski definition) is 2. The van der Waals surface area contributed by atoms with Crippen molar-refractivity contribution in [1.82, 2.24) is 0 Å². The Kier molecular flexibility index (Phi) is 3.05. The molecule has 1 heterocycles. The zero-order valence-electron chi connectivity index (χ0n) is 6.58. The highest BCUT2D eigenvalue weighted by atomic mass is 32.1. The van der Waals surface area contributed by atoms with Crippen LogP contribution in [0.3, 0.4) is 0 Å². The highest BCUT2D eigenvalue weighted by Gasteiger charge is 2.10. The molecule has 0 saturated carbocycles. The molecule has 1 rings (SSSR count). The van der Waals surface area contributed by atoms with Crippen LogP contribution in [0.15, 0.2) is 11.4 Å². The maximum absolute atomic E-state index is 9.42. The first-order valence-electron chi connectivity index (χ1n) is 3.74. The Labute approximate surface area is 70.7 Å². The van der Waals surface area contributed by atoms with Crippen molar-refractivity contribution in [1.29, 1.82) is 0 Å².